The van der Waals surface area contributed by atoms with Gasteiger partial charge in [-0.15, -0.1) is 11.8 Å². The lowest BCUT2D eigenvalue weighted by Crippen LogP contribution is -2.23. The van der Waals surface area contributed by atoms with Gasteiger partial charge in [-0.1, -0.05) is 24.3 Å². The van der Waals surface area contributed by atoms with Gasteiger partial charge in [-0.05, 0) is 25.5 Å². The van der Waals surface area contributed by atoms with Crippen molar-refractivity contribution >= 4 is 17.5 Å². The van der Waals surface area contributed by atoms with E-state index in [-0.39, 0.29) is 24.3 Å². The van der Waals surface area contributed by atoms with Gasteiger partial charge >= 0.3 is 0 Å². The van der Waals surface area contributed by atoms with Gasteiger partial charge in [0.15, 0.2) is 12.1 Å². The Labute approximate surface area is 117 Å². The zero-order valence-corrected chi connectivity index (χ0v) is 11.6. The van der Waals surface area contributed by atoms with Crippen molar-refractivity contribution in [1.29, 1.82) is 0 Å². The Kier molecular flexibility index (Phi) is 3.73. The van der Waals surface area contributed by atoms with Gasteiger partial charge in [0, 0.05) is 10.5 Å². The van der Waals surface area contributed by atoms with Crippen molar-refractivity contribution in [1.82, 2.24) is 0 Å². The van der Waals surface area contributed by atoms with Crippen molar-refractivity contribution in [3.05, 3.63) is 42.0 Å². The molecular formula is C15H16O3S. The summed E-state index contributed by atoms with van der Waals surface area (Å²) in [5, 5.41) is 0. The molecule has 3 rings (SSSR count). The number of ether oxygens (including phenoxy) is 2. The van der Waals surface area contributed by atoms with Crippen LogP contribution in [0, 0.1) is 0 Å². The van der Waals surface area contributed by atoms with Crippen molar-refractivity contribution in [3.63, 3.8) is 0 Å². The number of Topliss-reactive ketones (excluding diaryl/α,β-unsaturated/α-hetero) is 1. The normalized spacial score (nSPS) is 29.1. The number of hydrogen-bond acceptors (Lipinski definition) is 4. The zero-order valence-electron chi connectivity index (χ0n) is 10.7. The van der Waals surface area contributed by atoms with Gasteiger partial charge in [-0.2, -0.15) is 0 Å². The summed E-state index contributed by atoms with van der Waals surface area (Å²) in [7, 11) is 0. The van der Waals surface area contributed by atoms with Crippen LogP contribution in [0.3, 0.4) is 0 Å². The van der Waals surface area contributed by atoms with E-state index >= 15 is 0 Å². The lowest BCUT2D eigenvalue weighted by atomic mass is 10.1. The maximum atomic E-state index is 12.2. The summed E-state index contributed by atoms with van der Waals surface area (Å²) in [6.45, 7) is 1.87. The number of carbonyl (C=O) groups is 1. The lowest BCUT2D eigenvalue weighted by molar-refractivity contribution is -0.114. The highest BCUT2D eigenvalue weighted by molar-refractivity contribution is 8.00. The number of rotatable bonds is 4. The molecule has 3 nitrogen and oxygen atoms in total. The molecular weight excluding hydrogens is 260 g/mol. The molecule has 2 aliphatic rings. The molecule has 0 amide bonds. The molecule has 1 aliphatic carbocycles. The van der Waals surface area contributed by atoms with Crippen molar-refractivity contribution in [2.24, 2.45) is 0 Å². The fraction of sp³-hybridized carbons (Fsp3) is 0.400. The first kappa shape index (κ1) is 12.9. The van der Waals surface area contributed by atoms with Crippen LogP contribution in [0.4, 0.5) is 0 Å². The third kappa shape index (κ3) is 2.76. The average Bonchev–Trinajstić information content (AvgIpc) is 2.96. The van der Waals surface area contributed by atoms with Gasteiger partial charge in [0.1, 0.15) is 6.10 Å². The monoisotopic (exact) mass is 276 g/mol. The van der Waals surface area contributed by atoms with Crippen molar-refractivity contribution in [3.8, 4) is 0 Å². The predicted molar refractivity (Wildman–Crippen MR) is 74.1 cm³/mol. The number of ketones is 1. The van der Waals surface area contributed by atoms with Gasteiger partial charge in [0.2, 0.25) is 0 Å². The molecule has 100 valence electrons. The zero-order chi connectivity index (χ0) is 13.2. The molecule has 1 saturated heterocycles. The largest absolute Gasteiger partial charge is 0.346 e. The first-order valence-electron chi connectivity index (χ1n) is 6.46. The molecule has 1 heterocycles. The second kappa shape index (κ2) is 5.49. The Morgan fingerprint density at radius 1 is 1.32 bits per heavy atom. The second-order valence-corrected chi connectivity index (χ2v) is 5.77. The van der Waals surface area contributed by atoms with Gasteiger partial charge in [0.05, 0.1) is 11.9 Å². The molecule has 1 aromatic carbocycles. The minimum absolute atomic E-state index is 0.0377. The molecule has 0 bridgehead atoms. The maximum absolute atomic E-state index is 12.2. The molecule has 4 heteroatoms. The van der Waals surface area contributed by atoms with Gasteiger partial charge in [0.25, 0.3) is 0 Å². The van der Waals surface area contributed by atoms with E-state index in [1.165, 1.54) is 0 Å². The fourth-order valence-electron chi connectivity index (χ4n) is 2.48. The summed E-state index contributed by atoms with van der Waals surface area (Å²) >= 11 is 1.56. The molecule has 1 aromatic rings. The number of hydrogen-bond donors (Lipinski definition) is 0. The van der Waals surface area contributed by atoms with Gasteiger partial charge in [-0.3, -0.25) is 4.79 Å². The highest BCUT2D eigenvalue weighted by Crippen LogP contribution is 2.34. The van der Waals surface area contributed by atoms with Crippen molar-refractivity contribution in [2.45, 2.75) is 36.7 Å². The van der Waals surface area contributed by atoms with E-state index in [9.17, 15) is 4.79 Å². The summed E-state index contributed by atoms with van der Waals surface area (Å²) in [4.78, 5) is 13.4. The number of thioether (sulfide) groups is 1. The summed E-state index contributed by atoms with van der Waals surface area (Å²) in [6.07, 6.45) is 2.43. The first-order valence-corrected chi connectivity index (χ1v) is 7.44. The number of carbonyl (C=O) groups excluding carboxylic acids is 1. The highest BCUT2D eigenvalue weighted by atomic mass is 32.2. The van der Waals surface area contributed by atoms with E-state index in [1.54, 1.807) is 11.8 Å². The van der Waals surface area contributed by atoms with Crippen LogP contribution in [0.25, 0.3) is 0 Å². The van der Waals surface area contributed by atoms with E-state index < -0.39 is 0 Å². The van der Waals surface area contributed by atoms with Crippen LogP contribution in [-0.2, 0) is 14.3 Å². The Bertz CT molecular complexity index is 497. The number of fused-ring (bicyclic) bond motifs is 1. The van der Waals surface area contributed by atoms with Crippen LogP contribution in [0.15, 0.2) is 46.9 Å². The van der Waals surface area contributed by atoms with E-state index in [2.05, 4.69) is 0 Å². The van der Waals surface area contributed by atoms with E-state index in [0.717, 1.165) is 16.9 Å². The van der Waals surface area contributed by atoms with Crippen LogP contribution in [0.1, 0.15) is 13.3 Å². The predicted octanol–water partition coefficient (Wildman–Crippen LogP) is 2.81. The Morgan fingerprint density at radius 3 is 2.89 bits per heavy atom. The minimum Gasteiger partial charge on any atom is -0.346 e. The van der Waals surface area contributed by atoms with Crippen LogP contribution < -0.4 is 0 Å². The molecule has 1 fully saturated rings. The smallest absolute Gasteiger partial charge is 0.171 e. The van der Waals surface area contributed by atoms with E-state index in [1.807, 2.05) is 43.3 Å². The second-order valence-electron chi connectivity index (χ2n) is 4.72. The van der Waals surface area contributed by atoms with Crippen LogP contribution in [0.2, 0.25) is 0 Å². The summed E-state index contributed by atoms with van der Waals surface area (Å²) in [6, 6.07) is 9.96. The minimum atomic E-state index is -0.201. The first-order chi connectivity index (χ1) is 9.24. The average molecular weight is 276 g/mol. The number of benzene rings is 1. The fourth-order valence-corrected chi connectivity index (χ4v) is 3.29. The van der Waals surface area contributed by atoms with Crippen LogP contribution in [0.5, 0.6) is 0 Å². The van der Waals surface area contributed by atoms with Crippen LogP contribution >= 0.6 is 11.8 Å². The molecule has 0 spiro atoms. The van der Waals surface area contributed by atoms with Crippen LogP contribution in [-0.4, -0.2) is 30.0 Å². The molecule has 19 heavy (non-hydrogen) atoms. The maximum Gasteiger partial charge on any atom is 0.171 e. The Morgan fingerprint density at radius 2 is 2.11 bits per heavy atom. The van der Waals surface area contributed by atoms with Crippen molar-refractivity contribution < 1.29 is 14.3 Å². The Hall–Kier alpha value is -1.10. The van der Waals surface area contributed by atoms with E-state index in [0.29, 0.717) is 5.75 Å². The molecule has 0 aromatic heterocycles. The Balaban J connectivity index is 1.59. The topological polar surface area (TPSA) is 35.5 Å². The molecule has 0 saturated carbocycles. The molecule has 3 unspecified atom stereocenters. The lowest BCUT2D eigenvalue weighted by Gasteiger charge is -2.11. The van der Waals surface area contributed by atoms with Gasteiger partial charge in [-0.25, -0.2) is 0 Å². The highest BCUT2D eigenvalue weighted by Gasteiger charge is 2.41. The third-order valence-electron chi connectivity index (χ3n) is 3.35. The standard InChI is InChI=1S/C15H16O3S/c1-10-17-14-8-7-12(15(14)18-10)13(16)9-19-11-5-3-2-4-6-11/h2-7,10,14-15H,8-9H2,1H3. The molecule has 0 N–H and O–H groups in total. The summed E-state index contributed by atoms with van der Waals surface area (Å²) < 4.78 is 11.2. The quantitative estimate of drug-likeness (QED) is 0.792. The molecule has 0 radical (unpaired) electrons. The van der Waals surface area contributed by atoms with E-state index in [4.69, 9.17) is 9.47 Å². The molecule has 1 aliphatic heterocycles. The third-order valence-corrected chi connectivity index (χ3v) is 4.37. The summed E-state index contributed by atoms with van der Waals surface area (Å²) in [5.41, 5.74) is 0.790. The summed E-state index contributed by atoms with van der Waals surface area (Å²) in [5.74, 6) is 0.607. The van der Waals surface area contributed by atoms with Gasteiger partial charge < -0.3 is 9.47 Å². The molecule has 3 atom stereocenters. The SMILES string of the molecule is CC1OC2CC=C(C(=O)CSc3ccccc3)C2O1. The van der Waals surface area contributed by atoms with Crippen molar-refractivity contribution in [2.75, 3.05) is 5.75 Å².